The maximum Gasteiger partial charge on any atom is 0.410 e. The standard InChI is InChI=1S/C17H34N2O4/c1-6-21-10-7-8-18-14(2)12-15-13-22-11-9-19(15)16(20)23-17(3,4)5/h14-15,18H,6-13H2,1-5H3. The van der Waals surface area contributed by atoms with Crippen molar-refractivity contribution in [3.05, 3.63) is 0 Å². The van der Waals surface area contributed by atoms with Gasteiger partial charge in [0.15, 0.2) is 0 Å². The third kappa shape index (κ3) is 8.53. The van der Waals surface area contributed by atoms with E-state index in [2.05, 4.69) is 12.2 Å². The smallest absolute Gasteiger partial charge is 0.410 e. The van der Waals surface area contributed by atoms with E-state index in [4.69, 9.17) is 14.2 Å². The van der Waals surface area contributed by atoms with Gasteiger partial charge in [-0.25, -0.2) is 4.79 Å². The van der Waals surface area contributed by atoms with Gasteiger partial charge in [-0.05, 0) is 54.0 Å². The molecule has 0 bridgehead atoms. The zero-order valence-corrected chi connectivity index (χ0v) is 15.4. The number of morpholine rings is 1. The minimum atomic E-state index is -0.469. The van der Waals surface area contributed by atoms with Crippen LogP contribution in [0.4, 0.5) is 4.79 Å². The molecule has 1 amide bonds. The summed E-state index contributed by atoms with van der Waals surface area (Å²) in [5.74, 6) is 0. The maximum absolute atomic E-state index is 12.3. The molecule has 0 radical (unpaired) electrons. The fourth-order valence-corrected chi connectivity index (χ4v) is 2.57. The lowest BCUT2D eigenvalue weighted by Crippen LogP contribution is -2.52. The molecular formula is C17H34N2O4. The summed E-state index contributed by atoms with van der Waals surface area (Å²) in [4.78, 5) is 14.2. The molecule has 1 heterocycles. The fourth-order valence-electron chi connectivity index (χ4n) is 2.57. The predicted octanol–water partition coefficient (Wildman–Crippen LogP) is 2.42. The monoisotopic (exact) mass is 330 g/mol. The minimum absolute atomic E-state index is 0.0630. The van der Waals surface area contributed by atoms with Gasteiger partial charge >= 0.3 is 6.09 Å². The molecule has 1 N–H and O–H groups in total. The highest BCUT2D eigenvalue weighted by Crippen LogP contribution is 2.17. The Balaban J connectivity index is 2.40. The number of nitrogens with zero attached hydrogens (tertiary/aromatic N) is 1. The summed E-state index contributed by atoms with van der Waals surface area (Å²) >= 11 is 0. The molecule has 6 nitrogen and oxygen atoms in total. The van der Waals surface area contributed by atoms with E-state index >= 15 is 0 Å². The number of carbonyl (C=O) groups is 1. The van der Waals surface area contributed by atoms with E-state index in [0.717, 1.165) is 32.6 Å². The molecule has 2 atom stereocenters. The summed E-state index contributed by atoms with van der Waals surface area (Å²) < 4.78 is 16.4. The van der Waals surface area contributed by atoms with Gasteiger partial charge in [0.1, 0.15) is 5.60 Å². The van der Waals surface area contributed by atoms with Gasteiger partial charge < -0.3 is 24.4 Å². The first-order valence-corrected chi connectivity index (χ1v) is 8.72. The molecule has 0 aromatic heterocycles. The largest absolute Gasteiger partial charge is 0.444 e. The van der Waals surface area contributed by atoms with Crippen molar-refractivity contribution in [3.63, 3.8) is 0 Å². The molecule has 1 saturated heterocycles. The van der Waals surface area contributed by atoms with Gasteiger partial charge in [0, 0.05) is 25.8 Å². The van der Waals surface area contributed by atoms with Gasteiger partial charge in [0.2, 0.25) is 0 Å². The minimum Gasteiger partial charge on any atom is -0.444 e. The van der Waals surface area contributed by atoms with E-state index in [1.54, 1.807) is 0 Å². The Kier molecular flexibility index (Phi) is 8.87. The molecule has 23 heavy (non-hydrogen) atoms. The second-order valence-electron chi connectivity index (χ2n) is 7.04. The topological polar surface area (TPSA) is 60.0 Å². The Morgan fingerprint density at radius 2 is 2.17 bits per heavy atom. The number of nitrogens with one attached hydrogen (secondary N) is 1. The van der Waals surface area contributed by atoms with Crippen LogP contribution in [0.3, 0.4) is 0 Å². The zero-order valence-electron chi connectivity index (χ0n) is 15.4. The first-order chi connectivity index (χ1) is 10.8. The van der Waals surface area contributed by atoms with Gasteiger partial charge in [0.05, 0.1) is 19.3 Å². The lowest BCUT2D eigenvalue weighted by molar-refractivity contribution is -0.0355. The van der Waals surface area contributed by atoms with Crippen LogP contribution in [-0.4, -0.2) is 68.2 Å². The van der Waals surface area contributed by atoms with Crippen molar-refractivity contribution in [1.29, 1.82) is 0 Å². The number of amides is 1. The molecule has 1 rings (SSSR count). The summed E-state index contributed by atoms with van der Waals surface area (Å²) in [6.07, 6.45) is 1.61. The molecule has 1 fully saturated rings. The average molecular weight is 330 g/mol. The van der Waals surface area contributed by atoms with Crippen LogP contribution in [-0.2, 0) is 14.2 Å². The zero-order chi connectivity index (χ0) is 17.3. The van der Waals surface area contributed by atoms with Gasteiger partial charge in [-0.1, -0.05) is 0 Å². The number of carbonyl (C=O) groups excluding carboxylic acids is 1. The SMILES string of the molecule is CCOCCCNC(C)CC1COCCN1C(=O)OC(C)(C)C. The van der Waals surface area contributed by atoms with Crippen LogP contribution in [0.25, 0.3) is 0 Å². The van der Waals surface area contributed by atoms with Crippen molar-refractivity contribution >= 4 is 6.09 Å². The van der Waals surface area contributed by atoms with Crippen LogP contribution in [0.2, 0.25) is 0 Å². The fraction of sp³-hybridized carbons (Fsp3) is 0.941. The molecule has 0 saturated carbocycles. The third-order valence-corrected chi connectivity index (χ3v) is 3.64. The number of hydrogen-bond acceptors (Lipinski definition) is 5. The van der Waals surface area contributed by atoms with Crippen LogP contribution in [0, 0.1) is 0 Å². The highest BCUT2D eigenvalue weighted by molar-refractivity contribution is 5.68. The van der Waals surface area contributed by atoms with Crippen molar-refractivity contribution in [3.8, 4) is 0 Å². The molecule has 6 heteroatoms. The molecule has 0 spiro atoms. The highest BCUT2D eigenvalue weighted by Gasteiger charge is 2.31. The maximum atomic E-state index is 12.3. The van der Waals surface area contributed by atoms with Crippen LogP contribution < -0.4 is 5.32 Å². The van der Waals surface area contributed by atoms with E-state index in [0.29, 0.717) is 25.8 Å². The first-order valence-electron chi connectivity index (χ1n) is 8.72. The Bertz CT molecular complexity index is 344. The van der Waals surface area contributed by atoms with E-state index in [1.165, 1.54) is 0 Å². The van der Waals surface area contributed by atoms with Crippen molar-refractivity contribution in [2.45, 2.75) is 65.1 Å². The van der Waals surface area contributed by atoms with Gasteiger partial charge in [-0.2, -0.15) is 0 Å². The van der Waals surface area contributed by atoms with E-state index in [-0.39, 0.29) is 12.1 Å². The number of hydrogen-bond donors (Lipinski definition) is 1. The lowest BCUT2D eigenvalue weighted by atomic mass is 10.1. The van der Waals surface area contributed by atoms with Gasteiger partial charge in [-0.15, -0.1) is 0 Å². The molecule has 136 valence electrons. The Morgan fingerprint density at radius 1 is 1.43 bits per heavy atom. The van der Waals surface area contributed by atoms with E-state index in [9.17, 15) is 4.79 Å². The van der Waals surface area contributed by atoms with Crippen LogP contribution in [0.15, 0.2) is 0 Å². The van der Waals surface area contributed by atoms with E-state index in [1.807, 2.05) is 32.6 Å². The summed E-state index contributed by atoms with van der Waals surface area (Å²) in [6.45, 7) is 14.0. The van der Waals surface area contributed by atoms with Crippen molar-refractivity contribution in [2.24, 2.45) is 0 Å². The third-order valence-electron chi connectivity index (χ3n) is 3.64. The first kappa shape index (κ1) is 20.2. The lowest BCUT2D eigenvalue weighted by Gasteiger charge is -2.37. The summed E-state index contributed by atoms with van der Waals surface area (Å²) in [5, 5.41) is 3.48. The van der Waals surface area contributed by atoms with Crippen molar-refractivity contribution in [2.75, 3.05) is 39.5 Å². The summed E-state index contributed by atoms with van der Waals surface area (Å²) in [7, 11) is 0. The van der Waals surface area contributed by atoms with Crippen molar-refractivity contribution < 1.29 is 19.0 Å². The molecule has 1 aliphatic rings. The quantitative estimate of drug-likeness (QED) is 0.693. The normalized spacial score (nSPS) is 20.4. The second kappa shape index (κ2) is 10.1. The van der Waals surface area contributed by atoms with Crippen LogP contribution in [0.1, 0.15) is 47.5 Å². The van der Waals surface area contributed by atoms with Crippen LogP contribution >= 0.6 is 0 Å². The predicted molar refractivity (Wildman–Crippen MR) is 90.7 cm³/mol. The number of ether oxygens (including phenoxy) is 3. The Hall–Kier alpha value is -0.850. The summed E-state index contributed by atoms with van der Waals surface area (Å²) in [6, 6.07) is 0.376. The average Bonchev–Trinajstić information content (AvgIpc) is 2.45. The molecule has 0 aromatic carbocycles. The Labute approximate surface area is 140 Å². The number of rotatable bonds is 8. The van der Waals surface area contributed by atoms with Crippen LogP contribution in [0.5, 0.6) is 0 Å². The van der Waals surface area contributed by atoms with Crippen molar-refractivity contribution in [1.82, 2.24) is 10.2 Å². The molecule has 2 unspecified atom stereocenters. The Morgan fingerprint density at radius 3 is 2.83 bits per heavy atom. The molecule has 0 aliphatic carbocycles. The van der Waals surface area contributed by atoms with Gasteiger partial charge in [0.25, 0.3) is 0 Å². The second-order valence-corrected chi connectivity index (χ2v) is 7.04. The summed E-state index contributed by atoms with van der Waals surface area (Å²) in [5.41, 5.74) is -0.469. The highest BCUT2D eigenvalue weighted by atomic mass is 16.6. The molecular weight excluding hydrogens is 296 g/mol. The molecule has 1 aliphatic heterocycles. The van der Waals surface area contributed by atoms with E-state index < -0.39 is 5.60 Å². The van der Waals surface area contributed by atoms with Gasteiger partial charge in [-0.3, -0.25) is 0 Å². The molecule has 0 aromatic rings.